The first-order valence-electron chi connectivity index (χ1n) is 7.46. The second kappa shape index (κ2) is 6.63. The van der Waals surface area contributed by atoms with Gasteiger partial charge in [0, 0.05) is 35.6 Å². The summed E-state index contributed by atoms with van der Waals surface area (Å²) in [6, 6.07) is 2.59. The summed E-state index contributed by atoms with van der Waals surface area (Å²) in [5, 5.41) is 0. The Balaban J connectivity index is 1.96. The number of rotatable bonds is 4. The van der Waals surface area contributed by atoms with Gasteiger partial charge >= 0.3 is 0 Å². The monoisotopic (exact) mass is 370 g/mol. The van der Waals surface area contributed by atoms with Crippen molar-refractivity contribution >= 4 is 38.7 Å². The number of halogens is 2. The maximum absolute atomic E-state index is 5.94. The summed E-state index contributed by atoms with van der Waals surface area (Å²) in [6.07, 6.45) is 6.48. The molecule has 0 bridgehead atoms. The second-order valence-corrected chi connectivity index (χ2v) is 7.00. The minimum atomic E-state index is 0.565. The van der Waals surface area contributed by atoms with E-state index in [1.807, 2.05) is 12.3 Å². The van der Waals surface area contributed by atoms with Gasteiger partial charge in [0.25, 0.3) is 0 Å². The normalized spacial score (nSPS) is 20.2. The number of imidazole rings is 1. The Morgan fingerprint density at radius 1 is 1.43 bits per heavy atom. The molecule has 0 amide bonds. The van der Waals surface area contributed by atoms with E-state index in [-0.39, 0.29) is 0 Å². The molecule has 1 saturated heterocycles. The number of pyridine rings is 1. The number of likely N-dealkylation sites (N-methyl/N-ethyl adjacent to an activating group) is 1. The van der Waals surface area contributed by atoms with E-state index in [4.69, 9.17) is 16.6 Å². The Morgan fingerprint density at radius 3 is 3.05 bits per heavy atom. The molecular weight excluding hydrogens is 352 g/mol. The van der Waals surface area contributed by atoms with Crippen molar-refractivity contribution in [3.8, 4) is 0 Å². The molecule has 3 heterocycles. The third-order valence-corrected chi connectivity index (χ3v) is 4.89. The molecule has 0 aliphatic carbocycles. The number of piperidine rings is 1. The summed E-state index contributed by atoms with van der Waals surface area (Å²) in [7, 11) is 2.22. The molecule has 2 aromatic heterocycles. The lowest BCUT2D eigenvalue weighted by Crippen LogP contribution is -2.39. The fourth-order valence-electron chi connectivity index (χ4n) is 3.09. The molecule has 0 saturated carbocycles. The summed E-state index contributed by atoms with van der Waals surface area (Å²) in [4.78, 5) is 11.7. The van der Waals surface area contributed by atoms with Crippen LogP contribution in [0.15, 0.2) is 16.7 Å². The summed E-state index contributed by atoms with van der Waals surface area (Å²) >= 11 is 9.41. The zero-order valence-electron chi connectivity index (χ0n) is 12.2. The number of fused-ring (bicyclic) bond motifs is 1. The van der Waals surface area contributed by atoms with Crippen molar-refractivity contribution in [2.75, 3.05) is 19.5 Å². The van der Waals surface area contributed by atoms with Gasteiger partial charge in [-0.3, -0.25) is 0 Å². The molecule has 0 aromatic carbocycles. The van der Waals surface area contributed by atoms with Gasteiger partial charge in [0.15, 0.2) is 5.65 Å². The van der Waals surface area contributed by atoms with Gasteiger partial charge in [0.1, 0.15) is 11.3 Å². The molecule has 4 nitrogen and oxygen atoms in total. The van der Waals surface area contributed by atoms with Crippen LogP contribution in [0, 0.1) is 0 Å². The molecule has 2 aromatic rings. The molecule has 0 spiro atoms. The minimum absolute atomic E-state index is 0.565. The van der Waals surface area contributed by atoms with Crippen molar-refractivity contribution in [2.24, 2.45) is 0 Å². The number of hydrogen-bond acceptors (Lipinski definition) is 3. The van der Waals surface area contributed by atoms with Crippen LogP contribution in [0.2, 0.25) is 0 Å². The van der Waals surface area contributed by atoms with Gasteiger partial charge in [-0.25, -0.2) is 9.97 Å². The topological polar surface area (TPSA) is 34.0 Å². The van der Waals surface area contributed by atoms with E-state index in [2.05, 4.69) is 37.4 Å². The van der Waals surface area contributed by atoms with Crippen molar-refractivity contribution in [1.82, 2.24) is 19.4 Å². The largest absolute Gasteiger partial charge is 0.311 e. The SMILES string of the molecule is CN1CCCCC1Cn1c(CCCl)nc2cc(Br)cnc21. The van der Waals surface area contributed by atoms with Crippen LogP contribution < -0.4 is 0 Å². The highest BCUT2D eigenvalue weighted by Crippen LogP contribution is 2.23. The number of aryl methyl sites for hydroxylation is 1. The molecule has 1 atom stereocenters. The molecule has 114 valence electrons. The van der Waals surface area contributed by atoms with Crippen LogP contribution in [0.25, 0.3) is 11.2 Å². The number of alkyl halides is 1. The predicted molar refractivity (Wildman–Crippen MR) is 89.9 cm³/mol. The molecule has 1 aliphatic heterocycles. The van der Waals surface area contributed by atoms with Crippen LogP contribution in [-0.4, -0.2) is 44.9 Å². The molecule has 1 unspecified atom stereocenters. The maximum Gasteiger partial charge on any atom is 0.160 e. The first-order chi connectivity index (χ1) is 10.2. The molecule has 3 rings (SSSR count). The van der Waals surface area contributed by atoms with Gasteiger partial charge in [-0.15, -0.1) is 11.6 Å². The van der Waals surface area contributed by atoms with Crippen molar-refractivity contribution in [3.05, 3.63) is 22.6 Å². The van der Waals surface area contributed by atoms with Gasteiger partial charge in [-0.05, 0) is 48.4 Å². The Bertz CT molecular complexity index is 627. The van der Waals surface area contributed by atoms with E-state index in [0.717, 1.165) is 34.4 Å². The van der Waals surface area contributed by atoms with Gasteiger partial charge in [0.2, 0.25) is 0 Å². The standard InChI is InChI=1S/C15H20BrClN4/c1-20-7-3-2-4-12(20)10-21-14(5-6-17)19-13-8-11(16)9-18-15(13)21/h8-9,12H,2-7,10H2,1H3. The van der Waals surface area contributed by atoms with E-state index >= 15 is 0 Å². The zero-order valence-corrected chi connectivity index (χ0v) is 14.6. The van der Waals surface area contributed by atoms with Crippen LogP contribution in [0.1, 0.15) is 25.1 Å². The highest BCUT2D eigenvalue weighted by atomic mass is 79.9. The number of hydrogen-bond donors (Lipinski definition) is 0. The van der Waals surface area contributed by atoms with Crippen molar-refractivity contribution in [1.29, 1.82) is 0 Å². The van der Waals surface area contributed by atoms with Crippen LogP contribution in [0.3, 0.4) is 0 Å². The third-order valence-electron chi connectivity index (χ3n) is 4.26. The van der Waals surface area contributed by atoms with Gasteiger partial charge in [-0.2, -0.15) is 0 Å². The fraction of sp³-hybridized carbons (Fsp3) is 0.600. The Labute approximate surface area is 138 Å². The van der Waals surface area contributed by atoms with Crippen molar-refractivity contribution in [3.63, 3.8) is 0 Å². The van der Waals surface area contributed by atoms with Crippen molar-refractivity contribution in [2.45, 2.75) is 38.3 Å². The van der Waals surface area contributed by atoms with Crippen LogP contribution >= 0.6 is 27.5 Å². The lowest BCUT2D eigenvalue weighted by Gasteiger charge is -2.33. The number of nitrogens with zero attached hydrogens (tertiary/aromatic N) is 4. The average Bonchev–Trinajstić information content (AvgIpc) is 2.79. The quantitative estimate of drug-likeness (QED) is 0.772. The Hall–Kier alpha value is -0.650. The highest BCUT2D eigenvalue weighted by molar-refractivity contribution is 9.10. The highest BCUT2D eigenvalue weighted by Gasteiger charge is 2.22. The first kappa shape index (κ1) is 15.3. The summed E-state index contributed by atoms with van der Waals surface area (Å²) < 4.78 is 3.23. The zero-order chi connectivity index (χ0) is 14.8. The summed E-state index contributed by atoms with van der Waals surface area (Å²) in [6.45, 7) is 2.13. The smallest absolute Gasteiger partial charge is 0.160 e. The minimum Gasteiger partial charge on any atom is -0.311 e. The maximum atomic E-state index is 5.94. The number of likely N-dealkylation sites (tertiary alicyclic amines) is 1. The Kier molecular flexibility index (Phi) is 4.82. The van der Waals surface area contributed by atoms with Gasteiger partial charge < -0.3 is 9.47 Å². The van der Waals surface area contributed by atoms with Crippen LogP contribution in [0.4, 0.5) is 0 Å². The van der Waals surface area contributed by atoms with Crippen LogP contribution in [0.5, 0.6) is 0 Å². The van der Waals surface area contributed by atoms with E-state index < -0.39 is 0 Å². The van der Waals surface area contributed by atoms with Crippen molar-refractivity contribution < 1.29 is 0 Å². The lowest BCUT2D eigenvalue weighted by molar-refractivity contribution is 0.167. The average molecular weight is 372 g/mol. The fourth-order valence-corrected chi connectivity index (χ4v) is 3.57. The molecule has 0 N–H and O–H groups in total. The first-order valence-corrected chi connectivity index (χ1v) is 8.78. The van der Waals surface area contributed by atoms with E-state index in [1.165, 1.54) is 25.8 Å². The molecule has 1 aliphatic rings. The van der Waals surface area contributed by atoms with E-state index in [0.29, 0.717) is 11.9 Å². The number of aromatic nitrogens is 3. The van der Waals surface area contributed by atoms with Gasteiger partial charge in [-0.1, -0.05) is 6.42 Å². The summed E-state index contributed by atoms with van der Waals surface area (Å²) in [5.74, 6) is 1.63. The Morgan fingerprint density at radius 2 is 2.29 bits per heavy atom. The second-order valence-electron chi connectivity index (χ2n) is 5.70. The third kappa shape index (κ3) is 3.25. The molecule has 6 heteroatoms. The predicted octanol–water partition coefficient (Wildman–Crippen LogP) is 3.46. The molecule has 21 heavy (non-hydrogen) atoms. The molecular formula is C15H20BrClN4. The summed E-state index contributed by atoms with van der Waals surface area (Å²) in [5.41, 5.74) is 1.92. The van der Waals surface area contributed by atoms with E-state index in [1.54, 1.807) is 0 Å². The molecule has 1 fully saturated rings. The van der Waals surface area contributed by atoms with E-state index in [9.17, 15) is 0 Å². The molecule has 0 radical (unpaired) electrons. The van der Waals surface area contributed by atoms with Crippen LogP contribution in [-0.2, 0) is 13.0 Å². The lowest BCUT2D eigenvalue weighted by atomic mass is 10.0. The van der Waals surface area contributed by atoms with Gasteiger partial charge in [0.05, 0.1) is 0 Å².